The number of benzene rings is 2. The fraction of sp³-hybridized carbons (Fsp3) is 0.304. The zero-order valence-electron chi connectivity index (χ0n) is 16.3. The molecule has 0 radical (unpaired) electrons. The van der Waals surface area contributed by atoms with Crippen molar-refractivity contribution < 1.29 is 18.0 Å². The van der Waals surface area contributed by atoms with Crippen LogP contribution in [-0.2, 0) is 0 Å². The number of nitrogens with zero attached hydrogens (tertiary/aromatic N) is 2. The predicted molar refractivity (Wildman–Crippen MR) is 110 cm³/mol. The molecule has 4 nitrogen and oxygen atoms in total. The van der Waals surface area contributed by atoms with Crippen molar-refractivity contribution in [1.82, 2.24) is 9.88 Å². The van der Waals surface area contributed by atoms with Crippen LogP contribution < -0.4 is 5.32 Å². The maximum absolute atomic E-state index is 13.7. The largest absolute Gasteiger partial charge is 0.487 e. The Morgan fingerprint density at radius 2 is 1.57 bits per heavy atom. The van der Waals surface area contributed by atoms with E-state index in [0.717, 1.165) is 10.9 Å². The number of aromatic nitrogens is 1. The zero-order valence-corrected chi connectivity index (χ0v) is 16.3. The molecule has 1 aliphatic rings. The van der Waals surface area contributed by atoms with E-state index < -0.39 is 18.2 Å². The number of nitrogens with one attached hydrogen (secondary N) is 1. The third-order valence-electron chi connectivity index (χ3n) is 5.52. The third-order valence-corrected chi connectivity index (χ3v) is 5.52. The Bertz CT molecular complexity index is 1010. The molecule has 1 aliphatic carbocycles. The van der Waals surface area contributed by atoms with Gasteiger partial charge in [-0.1, -0.05) is 36.4 Å². The molecule has 1 heterocycles. The van der Waals surface area contributed by atoms with E-state index in [1.54, 1.807) is 18.2 Å². The number of alkyl halides is 3. The summed E-state index contributed by atoms with van der Waals surface area (Å²) in [7, 11) is 0. The number of carbonyl (C=O) groups is 1. The second kappa shape index (κ2) is 8.34. The highest BCUT2D eigenvalue weighted by atomic mass is 19.4. The van der Waals surface area contributed by atoms with Gasteiger partial charge in [-0.15, -0.1) is 13.2 Å². The van der Waals surface area contributed by atoms with Crippen molar-refractivity contribution in [2.45, 2.75) is 44.1 Å². The molecular formula is C23H22F3N3O. The van der Waals surface area contributed by atoms with Crippen molar-refractivity contribution in [2.24, 2.45) is 0 Å². The Balaban J connectivity index is 1.43. The van der Waals surface area contributed by atoms with Gasteiger partial charge in [0.25, 0.3) is 5.91 Å². The minimum Gasteiger partial charge on any atom is -0.367 e. The van der Waals surface area contributed by atoms with E-state index in [4.69, 9.17) is 0 Å². The molecule has 156 valence electrons. The first kappa shape index (κ1) is 20.2. The summed E-state index contributed by atoms with van der Waals surface area (Å²) < 4.78 is 41.1. The SMILES string of the molecule is O=C(c1ccccc1)N(C1CCC(Nc2ccc3ccccc3n2)CC1)C(F)(F)F. The molecule has 0 saturated heterocycles. The number of carbonyl (C=O) groups excluding carboxylic acids is 1. The number of amides is 1. The summed E-state index contributed by atoms with van der Waals surface area (Å²) >= 11 is 0. The van der Waals surface area contributed by atoms with E-state index in [-0.39, 0.29) is 29.3 Å². The van der Waals surface area contributed by atoms with Gasteiger partial charge in [-0.2, -0.15) is 0 Å². The van der Waals surface area contributed by atoms with Gasteiger partial charge in [0.05, 0.1) is 5.52 Å². The zero-order chi connectivity index (χ0) is 21.1. The Labute approximate surface area is 172 Å². The van der Waals surface area contributed by atoms with E-state index >= 15 is 0 Å². The Hall–Kier alpha value is -3.09. The lowest BCUT2D eigenvalue weighted by Gasteiger charge is -2.38. The second-order valence-corrected chi connectivity index (χ2v) is 7.55. The monoisotopic (exact) mass is 413 g/mol. The average molecular weight is 413 g/mol. The lowest BCUT2D eigenvalue weighted by molar-refractivity contribution is -0.238. The number of fused-ring (bicyclic) bond motifs is 1. The lowest BCUT2D eigenvalue weighted by Crippen LogP contribution is -2.51. The van der Waals surface area contributed by atoms with Gasteiger partial charge in [0.2, 0.25) is 0 Å². The Morgan fingerprint density at radius 1 is 0.900 bits per heavy atom. The predicted octanol–water partition coefficient (Wildman–Crippen LogP) is 5.62. The van der Waals surface area contributed by atoms with E-state index in [2.05, 4.69) is 10.3 Å². The summed E-state index contributed by atoms with van der Waals surface area (Å²) in [5, 5.41) is 4.37. The van der Waals surface area contributed by atoms with Gasteiger partial charge in [-0.05, 0) is 56.0 Å². The smallest absolute Gasteiger partial charge is 0.367 e. The highest BCUT2D eigenvalue weighted by molar-refractivity contribution is 5.94. The standard InChI is InChI=1S/C23H22F3N3O/c24-23(25,26)29(22(30)17-7-2-1-3-8-17)19-13-11-18(12-14-19)27-21-15-10-16-6-4-5-9-20(16)28-21/h1-10,15,18-19H,11-14H2,(H,27,28). The maximum Gasteiger partial charge on any atom is 0.487 e. The summed E-state index contributed by atoms with van der Waals surface area (Å²) in [6.45, 7) is 0. The fourth-order valence-corrected chi connectivity index (χ4v) is 4.04. The molecule has 7 heteroatoms. The summed E-state index contributed by atoms with van der Waals surface area (Å²) in [5.74, 6) is -0.277. The summed E-state index contributed by atoms with van der Waals surface area (Å²) in [6, 6.07) is 18.4. The molecule has 0 bridgehead atoms. The highest BCUT2D eigenvalue weighted by Gasteiger charge is 2.46. The van der Waals surface area contributed by atoms with Crippen LogP contribution in [0.4, 0.5) is 19.0 Å². The molecule has 2 aromatic carbocycles. The van der Waals surface area contributed by atoms with E-state index in [1.807, 2.05) is 36.4 Å². The van der Waals surface area contributed by atoms with Crippen molar-refractivity contribution in [3.8, 4) is 0 Å². The molecular weight excluding hydrogens is 391 g/mol. The average Bonchev–Trinajstić information content (AvgIpc) is 2.75. The minimum atomic E-state index is -4.71. The molecule has 0 aliphatic heterocycles. The Morgan fingerprint density at radius 3 is 2.27 bits per heavy atom. The molecule has 1 aromatic heterocycles. The van der Waals surface area contributed by atoms with Gasteiger partial charge in [-0.3, -0.25) is 4.79 Å². The molecule has 1 N–H and O–H groups in total. The van der Waals surface area contributed by atoms with E-state index in [0.29, 0.717) is 18.7 Å². The van der Waals surface area contributed by atoms with Crippen molar-refractivity contribution >= 4 is 22.6 Å². The molecule has 30 heavy (non-hydrogen) atoms. The van der Waals surface area contributed by atoms with Crippen LogP contribution >= 0.6 is 0 Å². The number of rotatable bonds is 4. The second-order valence-electron chi connectivity index (χ2n) is 7.55. The summed E-state index contributed by atoms with van der Waals surface area (Å²) in [4.78, 5) is 17.2. The summed E-state index contributed by atoms with van der Waals surface area (Å²) in [6.07, 6.45) is -3.08. The van der Waals surface area contributed by atoms with Gasteiger partial charge in [0.15, 0.2) is 0 Å². The van der Waals surface area contributed by atoms with Crippen molar-refractivity contribution in [3.05, 3.63) is 72.3 Å². The van der Waals surface area contributed by atoms with Crippen LogP contribution in [0.15, 0.2) is 66.7 Å². The van der Waals surface area contributed by atoms with Crippen molar-refractivity contribution in [2.75, 3.05) is 5.32 Å². The van der Waals surface area contributed by atoms with Gasteiger partial charge < -0.3 is 5.32 Å². The third kappa shape index (κ3) is 4.40. The van der Waals surface area contributed by atoms with Crippen molar-refractivity contribution in [1.29, 1.82) is 0 Å². The number of pyridine rings is 1. The quantitative estimate of drug-likeness (QED) is 0.565. The van der Waals surface area contributed by atoms with Crippen LogP contribution in [0.1, 0.15) is 36.0 Å². The molecule has 1 amide bonds. The lowest BCUT2D eigenvalue weighted by atomic mass is 9.90. The number of anilines is 1. The number of hydrogen-bond acceptors (Lipinski definition) is 3. The van der Waals surface area contributed by atoms with E-state index in [1.165, 1.54) is 12.1 Å². The van der Waals surface area contributed by atoms with Gasteiger partial charge in [-0.25, -0.2) is 9.88 Å². The first-order chi connectivity index (χ1) is 14.4. The van der Waals surface area contributed by atoms with Crippen LogP contribution in [0.2, 0.25) is 0 Å². The number of hydrogen-bond donors (Lipinski definition) is 1. The van der Waals surface area contributed by atoms with Crippen LogP contribution in [0.5, 0.6) is 0 Å². The maximum atomic E-state index is 13.7. The van der Waals surface area contributed by atoms with E-state index in [9.17, 15) is 18.0 Å². The fourth-order valence-electron chi connectivity index (χ4n) is 4.04. The number of para-hydroxylation sites is 1. The number of halogens is 3. The van der Waals surface area contributed by atoms with Crippen LogP contribution in [-0.4, -0.2) is 34.2 Å². The topological polar surface area (TPSA) is 45.2 Å². The normalized spacial score (nSPS) is 19.4. The highest BCUT2D eigenvalue weighted by Crippen LogP contribution is 2.34. The first-order valence-corrected chi connectivity index (χ1v) is 9.99. The molecule has 1 fully saturated rings. The van der Waals surface area contributed by atoms with Gasteiger partial charge in [0.1, 0.15) is 5.82 Å². The van der Waals surface area contributed by atoms with Gasteiger partial charge in [0, 0.05) is 23.0 Å². The van der Waals surface area contributed by atoms with Gasteiger partial charge >= 0.3 is 6.30 Å². The van der Waals surface area contributed by atoms with Crippen molar-refractivity contribution in [3.63, 3.8) is 0 Å². The van der Waals surface area contributed by atoms with Crippen LogP contribution in [0, 0.1) is 0 Å². The van der Waals surface area contributed by atoms with Crippen LogP contribution in [0.25, 0.3) is 10.9 Å². The molecule has 4 rings (SSSR count). The minimum absolute atomic E-state index is 0.0248. The Kier molecular flexibility index (Phi) is 5.61. The molecule has 0 atom stereocenters. The summed E-state index contributed by atoms with van der Waals surface area (Å²) in [5.41, 5.74) is 0.920. The molecule has 3 aromatic rings. The first-order valence-electron chi connectivity index (χ1n) is 9.99. The molecule has 0 unspecified atom stereocenters. The molecule has 1 saturated carbocycles. The van der Waals surface area contributed by atoms with Crippen LogP contribution in [0.3, 0.4) is 0 Å². The molecule has 0 spiro atoms.